The van der Waals surface area contributed by atoms with Crippen LogP contribution >= 0.6 is 11.3 Å². The number of nitrogens with zero attached hydrogens (tertiary/aromatic N) is 3. The molecule has 0 aliphatic rings. The predicted octanol–water partition coefficient (Wildman–Crippen LogP) is 3.81. The zero-order chi connectivity index (χ0) is 14.6. The molecule has 3 heterocycles. The summed E-state index contributed by atoms with van der Waals surface area (Å²) in [5.74, 6) is 0. The van der Waals surface area contributed by atoms with Gasteiger partial charge in [0.15, 0.2) is 5.13 Å². The van der Waals surface area contributed by atoms with Crippen molar-refractivity contribution in [2.45, 2.75) is 13.8 Å². The van der Waals surface area contributed by atoms with Crippen molar-refractivity contribution < 1.29 is 0 Å². The Bertz CT molecular complexity index is 981. The van der Waals surface area contributed by atoms with E-state index in [2.05, 4.69) is 53.7 Å². The minimum Gasteiger partial charge on any atom is -0.375 e. The molecule has 0 aliphatic heterocycles. The molecular weight excluding hydrogens is 280 g/mol. The van der Waals surface area contributed by atoms with Crippen LogP contribution in [0.15, 0.2) is 36.5 Å². The summed E-state index contributed by atoms with van der Waals surface area (Å²) in [6.45, 7) is 4.18. The summed E-state index contributed by atoms with van der Waals surface area (Å²) >= 11 is 1.51. The number of rotatable bonds is 1. The second-order valence-electron chi connectivity index (χ2n) is 5.22. The Labute approximate surface area is 125 Å². The third-order valence-corrected chi connectivity index (χ3v) is 4.55. The molecule has 0 amide bonds. The molecular formula is C16H14N4S. The van der Waals surface area contributed by atoms with Crippen molar-refractivity contribution in [1.29, 1.82) is 0 Å². The fraction of sp³-hybridized carbons (Fsp3) is 0.125. The third kappa shape index (κ3) is 1.89. The molecule has 0 saturated heterocycles. The molecule has 21 heavy (non-hydrogen) atoms. The zero-order valence-corrected chi connectivity index (χ0v) is 12.6. The molecule has 104 valence electrons. The summed E-state index contributed by atoms with van der Waals surface area (Å²) in [5, 5.41) is 0.601. The van der Waals surface area contributed by atoms with Gasteiger partial charge in [-0.25, -0.2) is 9.97 Å². The van der Waals surface area contributed by atoms with Crippen LogP contribution in [0.3, 0.4) is 0 Å². The van der Waals surface area contributed by atoms with Gasteiger partial charge in [0, 0.05) is 17.5 Å². The average Bonchev–Trinajstić information content (AvgIpc) is 2.98. The topological polar surface area (TPSA) is 56.2 Å². The normalized spacial score (nSPS) is 11.5. The fourth-order valence-corrected chi connectivity index (χ4v) is 3.35. The first-order chi connectivity index (χ1) is 10.1. The molecule has 1 aromatic carbocycles. The number of hydrogen-bond acceptors (Lipinski definition) is 4. The van der Waals surface area contributed by atoms with E-state index in [1.165, 1.54) is 16.9 Å². The molecule has 0 radical (unpaired) electrons. The smallest absolute Gasteiger partial charge is 0.181 e. The molecule has 4 nitrogen and oxygen atoms in total. The molecule has 2 N–H and O–H groups in total. The standard InChI is InChI=1S/C16H14N4S/c1-9-3-6-14-19-15(10(2)20(14)8-9)11-4-5-13-12(7-11)18-16(17)21-13/h3-8H,1-2H3,(H2,17,18). The highest BCUT2D eigenvalue weighted by atomic mass is 32.1. The molecule has 3 aromatic heterocycles. The van der Waals surface area contributed by atoms with Crippen LogP contribution in [0.2, 0.25) is 0 Å². The van der Waals surface area contributed by atoms with Crippen molar-refractivity contribution in [3.8, 4) is 11.3 Å². The van der Waals surface area contributed by atoms with E-state index >= 15 is 0 Å². The molecule has 4 aromatic rings. The van der Waals surface area contributed by atoms with Crippen LogP contribution in [0.1, 0.15) is 11.3 Å². The highest BCUT2D eigenvalue weighted by Gasteiger charge is 2.12. The second kappa shape index (κ2) is 4.30. The van der Waals surface area contributed by atoms with E-state index < -0.39 is 0 Å². The van der Waals surface area contributed by atoms with E-state index in [0.717, 1.165) is 32.8 Å². The van der Waals surface area contributed by atoms with Gasteiger partial charge in [-0.05, 0) is 37.6 Å². The lowest BCUT2D eigenvalue weighted by molar-refractivity contribution is 1.09. The van der Waals surface area contributed by atoms with Gasteiger partial charge in [-0.3, -0.25) is 0 Å². The third-order valence-electron chi connectivity index (χ3n) is 3.68. The number of imidazole rings is 1. The number of aryl methyl sites for hydroxylation is 2. The molecule has 0 saturated carbocycles. The number of nitrogens with two attached hydrogens (primary N) is 1. The monoisotopic (exact) mass is 294 g/mol. The lowest BCUT2D eigenvalue weighted by atomic mass is 10.1. The summed E-state index contributed by atoms with van der Waals surface area (Å²) in [6.07, 6.45) is 2.11. The maximum atomic E-state index is 5.77. The van der Waals surface area contributed by atoms with Gasteiger partial charge in [-0.15, -0.1) is 0 Å². The molecule has 0 aliphatic carbocycles. The Hall–Kier alpha value is -2.40. The predicted molar refractivity (Wildman–Crippen MR) is 87.7 cm³/mol. The number of anilines is 1. The van der Waals surface area contributed by atoms with Gasteiger partial charge in [-0.2, -0.15) is 0 Å². The van der Waals surface area contributed by atoms with E-state index in [1.807, 2.05) is 6.07 Å². The SMILES string of the molecule is Cc1ccc2nc(-c3ccc4sc(N)nc4c3)c(C)n2c1. The number of fused-ring (bicyclic) bond motifs is 2. The van der Waals surface area contributed by atoms with Crippen molar-refractivity contribution in [1.82, 2.24) is 14.4 Å². The van der Waals surface area contributed by atoms with Gasteiger partial charge in [0.05, 0.1) is 15.9 Å². The average molecular weight is 294 g/mol. The summed E-state index contributed by atoms with van der Waals surface area (Å²) in [6, 6.07) is 10.3. The van der Waals surface area contributed by atoms with E-state index in [4.69, 9.17) is 10.7 Å². The number of pyridine rings is 1. The van der Waals surface area contributed by atoms with Crippen LogP contribution in [-0.4, -0.2) is 14.4 Å². The van der Waals surface area contributed by atoms with Gasteiger partial charge in [0.1, 0.15) is 5.65 Å². The second-order valence-corrected chi connectivity index (χ2v) is 6.28. The van der Waals surface area contributed by atoms with Gasteiger partial charge < -0.3 is 10.1 Å². The highest BCUT2D eigenvalue weighted by molar-refractivity contribution is 7.22. The Kier molecular flexibility index (Phi) is 2.53. The molecule has 5 heteroatoms. The number of hydrogen-bond donors (Lipinski definition) is 1. The quantitative estimate of drug-likeness (QED) is 0.581. The molecule has 0 spiro atoms. The van der Waals surface area contributed by atoms with Crippen LogP contribution in [0.25, 0.3) is 27.1 Å². The highest BCUT2D eigenvalue weighted by Crippen LogP contribution is 2.30. The summed E-state index contributed by atoms with van der Waals surface area (Å²) in [7, 11) is 0. The van der Waals surface area contributed by atoms with Gasteiger partial charge in [0.2, 0.25) is 0 Å². The van der Waals surface area contributed by atoms with Gasteiger partial charge >= 0.3 is 0 Å². The molecule has 4 rings (SSSR count). The van der Waals surface area contributed by atoms with E-state index in [-0.39, 0.29) is 0 Å². The Morgan fingerprint density at radius 2 is 1.95 bits per heavy atom. The van der Waals surface area contributed by atoms with Crippen LogP contribution in [-0.2, 0) is 0 Å². The summed E-state index contributed by atoms with van der Waals surface area (Å²) in [4.78, 5) is 9.10. The van der Waals surface area contributed by atoms with Gasteiger partial charge in [-0.1, -0.05) is 23.5 Å². The molecule has 0 bridgehead atoms. The molecule has 0 fully saturated rings. The van der Waals surface area contributed by atoms with E-state index in [1.54, 1.807) is 0 Å². The van der Waals surface area contributed by atoms with Crippen molar-refractivity contribution >= 4 is 32.3 Å². The number of benzene rings is 1. The van der Waals surface area contributed by atoms with Crippen LogP contribution in [0.4, 0.5) is 5.13 Å². The van der Waals surface area contributed by atoms with Crippen molar-refractivity contribution in [2.75, 3.05) is 5.73 Å². The number of aromatic nitrogens is 3. The zero-order valence-electron chi connectivity index (χ0n) is 11.8. The first-order valence-corrected chi connectivity index (χ1v) is 7.55. The van der Waals surface area contributed by atoms with Crippen LogP contribution < -0.4 is 5.73 Å². The maximum absolute atomic E-state index is 5.77. The van der Waals surface area contributed by atoms with Crippen molar-refractivity contribution in [3.63, 3.8) is 0 Å². The lowest BCUT2D eigenvalue weighted by Crippen LogP contribution is -1.88. The van der Waals surface area contributed by atoms with E-state index in [0.29, 0.717) is 5.13 Å². The van der Waals surface area contributed by atoms with Crippen molar-refractivity contribution in [2.24, 2.45) is 0 Å². The van der Waals surface area contributed by atoms with Crippen LogP contribution in [0, 0.1) is 13.8 Å². The minimum absolute atomic E-state index is 0.601. The summed E-state index contributed by atoms with van der Waals surface area (Å²) < 4.78 is 3.23. The Morgan fingerprint density at radius 3 is 2.81 bits per heavy atom. The molecule has 0 atom stereocenters. The minimum atomic E-state index is 0.601. The largest absolute Gasteiger partial charge is 0.375 e. The maximum Gasteiger partial charge on any atom is 0.181 e. The lowest BCUT2D eigenvalue weighted by Gasteiger charge is -2.00. The van der Waals surface area contributed by atoms with Gasteiger partial charge in [0.25, 0.3) is 0 Å². The van der Waals surface area contributed by atoms with Crippen LogP contribution in [0.5, 0.6) is 0 Å². The number of nitrogen functional groups attached to an aromatic ring is 1. The number of thiazole rings is 1. The first-order valence-electron chi connectivity index (χ1n) is 6.73. The summed E-state index contributed by atoms with van der Waals surface area (Å²) in [5.41, 5.74) is 12.1. The Morgan fingerprint density at radius 1 is 1.10 bits per heavy atom. The first kappa shape index (κ1) is 12.3. The molecule has 0 unspecified atom stereocenters. The Balaban J connectivity index is 1.96. The van der Waals surface area contributed by atoms with Crippen molar-refractivity contribution in [3.05, 3.63) is 47.8 Å². The van der Waals surface area contributed by atoms with E-state index in [9.17, 15) is 0 Å². The fourth-order valence-electron chi connectivity index (χ4n) is 2.63.